The summed E-state index contributed by atoms with van der Waals surface area (Å²) in [5, 5.41) is 16.9. The molecule has 12 heteroatoms. The van der Waals surface area contributed by atoms with Crippen molar-refractivity contribution in [1.29, 1.82) is 0 Å². The van der Waals surface area contributed by atoms with Gasteiger partial charge >= 0.3 is 5.97 Å². The van der Waals surface area contributed by atoms with Crippen LogP contribution in [0.3, 0.4) is 0 Å². The van der Waals surface area contributed by atoms with Crippen LogP contribution in [0.15, 0.2) is 30.3 Å². The Balaban J connectivity index is 2.92. The first-order chi connectivity index (χ1) is 15.2. The minimum atomic E-state index is -1.16. The maximum Gasteiger partial charge on any atom is 0.326 e. The number of amides is 3. The topological polar surface area (TPSA) is 151 Å². The second kappa shape index (κ2) is 15.0. The van der Waals surface area contributed by atoms with Crippen molar-refractivity contribution in [1.82, 2.24) is 16.0 Å². The van der Waals surface area contributed by atoms with E-state index in [1.54, 1.807) is 24.3 Å². The number of carboxylic acids is 1. The van der Waals surface area contributed by atoms with Gasteiger partial charge in [-0.3, -0.25) is 14.4 Å². The number of nitrogens with two attached hydrogens (primary N) is 1. The largest absolute Gasteiger partial charge is 0.480 e. The second-order valence-corrected chi connectivity index (χ2v) is 8.68. The summed E-state index contributed by atoms with van der Waals surface area (Å²) in [5.74, 6) is -2.41. The number of thiol groups is 2. The molecule has 0 aliphatic rings. The third kappa shape index (κ3) is 9.72. The summed E-state index contributed by atoms with van der Waals surface area (Å²) >= 11 is 9.57. The monoisotopic (exact) mass is 502 g/mol. The molecule has 0 radical (unpaired) electrons. The van der Waals surface area contributed by atoms with Gasteiger partial charge in [-0.2, -0.15) is 37.0 Å². The standard InChI is InChI=1S/C20H30N4O5S3/c1-32-8-7-14(20(28)29)22-19(27)16(11-31)24-18(26)15(23-17(25)13(21)10-30)9-12-5-3-2-4-6-12/h2-6,13-16,30-31H,7-11,21H2,1H3,(H,22,27)(H,23,25)(H,24,26)(H,28,29). The Hall–Kier alpha value is -1.89. The molecule has 0 aliphatic carbocycles. The van der Waals surface area contributed by atoms with E-state index in [0.29, 0.717) is 5.75 Å². The number of carbonyl (C=O) groups is 4. The normalized spacial score (nSPS) is 14.5. The lowest BCUT2D eigenvalue weighted by Gasteiger charge is -2.24. The molecular formula is C20H30N4O5S3. The van der Waals surface area contributed by atoms with Gasteiger partial charge in [0.1, 0.15) is 18.1 Å². The zero-order valence-electron chi connectivity index (χ0n) is 17.7. The number of aliphatic carboxylic acids is 1. The molecule has 0 saturated heterocycles. The van der Waals surface area contributed by atoms with Crippen molar-refractivity contribution >= 4 is 60.7 Å². The van der Waals surface area contributed by atoms with E-state index < -0.39 is 47.9 Å². The van der Waals surface area contributed by atoms with Gasteiger partial charge < -0.3 is 26.8 Å². The van der Waals surface area contributed by atoms with Crippen LogP contribution in [0.5, 0.6) is 0 Å². The first kappa shape index (κ1) is 28.1. The molecule has 9 nitrogen and oxygen atoms in total. The van der Waals surface area contributed by atoms with E-state index in [4.69, 9.17) is 5.73 Å². The molecule has 1 aromatic rings. The fraction of sp³-hybridized carbons (Fsp3) is 0.500. The van der Waals surface area contributed by atoms with Gasteiger partial charge in [-0.15, -0.1) is 0 Å². The van der Waals surface area contributed by atoms with Gasteiger partial charge in [0.15, 0.2) is 0 Å². The third-order valence-corrected chi connectivity index (χ3v) is 5.89. The molecule has 0 spiro atoms. The first-order valence-electron chi connectivity index (χ1n) is 9.87. The fourth-order valence-corrected chi connectivity index (χ4v) is 3.55. The Morgan fingerprint density at radius 2 is 1.50 bits per heavy atom. The predicted octanol–water partition coefficient (Wildman–Crippen LogP) is -0.292. The zero-order chi connectivity index (χ0) is 24.1. The molecular weight excluding hydrogens is 472 g/mol. The molecule has 0 aromatic heterocycles. The fourth-order valence-electron chi connectivity index (χ4n) is 2.65. The molecule has 0 fully saturated rings. The molecule has 6 N–H and O–H groups in total. The smallest absolute Gasteiger partial charge is 0.326 e. The maximum atomic E-state index is 12.9. The lowest BCUT2D eigenvalue weighted by molar-refractivity contribution is -0.142. The molecule has 32 heavy (non-hydrogen) atoms. The molecule has 0 aliphatic heterocycles. The van der Waals surface area contributed by atoms with Crippen molar-refractivity contribution < 1.29 is 24.3 Å². The molecule has 0 saturated carbocycles. The average molecular weight is 503 g/mol. The number of hydrogen-bond donors (Lipinski definition) is 7. The van der Waals surface area contributed by atoms with E-state index in [2.05, 4.69) is 41.2 Å². The quantitative estimate of drug-likeness (QED) is 0.173. The van der Waals surface area contributed by atoms with Gasteiger partial charge in [0.25, 0.3) is 0 Å². The van der Waals surface area contributed by atoms with Crippen LogP contribution in [0.25, 0.3) is 0 Å². The van der Waals surface area contributed by atoms with Gasteiger partial charge in [0, 0.05) is 17.9 Å². The first-order valence-corrected chi connectivity index (χ1v) is 12.5. The van der Waals surface area contributed by atoms with Crippen LogP contribution in [0.4, 0.5) is 0 Å². The van der Waals surface area contributed by atoms with E-state index in [1.165, 1.54) is 11.8 Å². The number of hydrogen-bond acceptors (Lipinski definition) is 8. The molecule has 0 heterocycles. The maximum absolute atomic E-state index is 12.9. The van der Waals surface area contributed by atoms with E-state index in [-0.39, 0.29) is 24.3 Å². The zero-order valence-corrected chi connectivity index (χ0v) is 20.3. The lowest BCUT2D eigenvalue weighted by atomic mass is 10.0. The number of thioether (sulfide) groups is 1. The average Bonchev–Trinajstić information content (AvgIpc) is 2.79. The Labute approximate surface area is 202 Å². The predicted molar refractivity (Wildman–Crippen MR) is 132 cm³/mol. The molecule has 1 aromatic carbocycles. The van der Waals surface area contributed by atoms with Crippen LogP contribution < -0.4 is 21.7 Å². The summed E-state index contributed by atoms with van der Waals surface area (Å²) in [7, 11) is 0. The molecule has 3 amide bonds. The summed E-state index contributed by atoms with van der Waals surface area (Å²) in [5.41, 5.74) is 6.50. The number of rotatable bonds is 14. The highest BCUT2D eigenvalue weighted by atomic mass is 32.2. The SMILES string of the molecule is CSCCC(NC(=O)C(CS)NC(=O)C(Cc1ccccc1)NC(=O)C(N)CS)C(=O)O. The molecule has 178 valence electrons. The number of carboxylic acid groups (broad SMARTS) is 1. The highest BCUT2D eigenvalue weighted by molar-refractivity contribution is 7.98. The van der Waals surface area contributed by atoms with E-state index in [0.717, 1.165) is 5.56 Å². The summed E-state index contributed by atoms with van der Waals surface area (Å²) in [6.45, 7) is 0. The molecule has 4 atom stereocenters. The summed E-state index contributed by atoms with van der Waals surface area (Å²) in [6, 6.07) is 4.96. The Bertz CT molecular complexity index is 769. The van der Waals surface area contributed by atoms with Crippen LogP contribution >= 0.6 is 37.0 Å². The molecule has 0 bridgehead atoms. The second-order valence-electron chi connectivity index (χ2n) is 6.96. The van der Waals surface area contributed by atoms with Crippen LogP contribution in [0.1, 0.15) is 12.0 Å². The van der Waals surface area contributed by atoms with Gasteiger partial charge in [-0.25, -0.2) is 4.79 Å². The summed E-state index contributed by atoms with van der Waals surface area (Å²) in [6.07, 6.45) is 2.24. The van der Waals surface area contributed by atoms with Crippen LogP contribution in [0, 0.1) is 0 Å². The number of carbonyl (C=O) groups excluding carboxylic acids is 3. The van der Waals surface area contributed by atoms with Crippen molar-refractivity contribution in [3.8, 4) is 0 Å². The minimum absolute atomic E-state index is 0.0609. The number of benzene rings is 1. The van der Waals surface area contributed by atoms with Crippen molar-refractivity contribution in [2.24, 2.45) is 5.73 Å². The Kier molecular flexibility index (Phi) is 13.2. The van der Waals surface area contributed by atoms with Gasteiger partial charge in [0.05, 0.1) is 6.04 Å². The van der Waals surface area contributed by atoms with Crippen LogP contribution in [-0.2, 0) is 25.6 Å². The van der Waals surface area contributed by atoms with Crippen molar-refractivity contribution in [2.45, 2.75) is 37.0 Å². The van der Waals surface area contributed by atoms with Crippen molar-refractivity contribution in [3.05, 3.63) is 35.9 Å². The van der Waals surface area contributed by atoms with E-state index >= 15 is 0 Å². The van der Waals surface area contributed by atoms with Crippen LogP contribution in [-0.4, -0.2) is 76.5 Å². The Morgan fingerprint density at radius 3 is 2.03 bits per heavy atom. The van der Waals surface area contributed by atoms with Gasteiger partial charge in [-0.1, -0.05) is 30.3 Å². The van der Waals surface area contributed by atoms with Gasteiger partial charge in [0.2, 0.25) is 17.7 Å². The molecule has 4 unspecified atom stereocenters. The Morgan fingerprint density at radius 1 is 0.938 bits per heavy atom. The van der Waals surface area contributed by atoms with Crippen molar-refractivity contribution in [3.63, 3.8) is 0 Å². The summed E-state index contributed by atoms with van der Waals surface area (Å²) < 4.78 is 0. The lowest BCUT2D eigenvalue weighted by Crippen LogP contribution is -2.58. The van der Waals surface area contributed by atoms with E-state index in [1.807, 2.05) is 12.3 Å². The highest BCUT2D eigenvalue weighted by Gasteiger charge is 2.29. The van der Waals surface area contributed by atoms with Crippen LogP contribution in [0.2, 0.25) is 0 Å². The molecule has 1 rings (SSSR count). The third-order valence-electron chi connectivity index (χ3n) is 4.49. The highest BCUT2D eigenvalue weighted by Crippen LogP contribution is 2.06. The van der Waals surface area contributed by atoms with Gasteiger partial charge in [-0.05, 0) is 24.0 Å². The number of nitrogens with one attached hydrogen (secondary N) is 3. The summed E-state index contributed by atoms with van der Waals surface area (Å²) in [4.78, 5) is 49.2. The minimum Gasteiger partial charge on any atom is -0.480 e. The van der Waals surface area contributed by atoms with Crippen molar-refractivity contribution in [2.75, 3.05) is 23.5 Å². The van der Waals surface area contributed by atoms with E-state index in [9.17, 15) is 24.3 Å².